The number of amides is 3. The van der Waals surface area contributed by atoms with Crippen LogP contribution in [0.3, 0.4) is 0 Å². The third kappa shape index (κ3) is 6.92. The number of rotatable bonds is 7. The van der Waals surface area contributed by atoms with Crippen LogP contribution >= 0.6 is 0 Å². The molecule has 1 aromatic heterocycles. The maximum absolute atomic E-state index is 12.7. The standard InChI is InChI=1S/C26H29N5O4/c32-24-15-14-23(29-31(24)18-19-35-22-8-4-3-5-9-22)25(33)27-20-10-12-21(13-11-20)28-26(34)30-16-6-1-2-7-17-30/h3-5,8-15H,1-2,6-7,16-19H2,(H,27,33)(H,28,34). The van der Waals surface area contributed by atoms with Crippen molar-refractivity contribution in [1.29, 1.82) is 0 Å². The van der Waals surface area contributed by atoms with Crippen molar-refractivity contribution >= 4 is 23.3 Å². The van der Waals surface area contributed by atoms with Crippen molar-refractivity contribution in [2.75, 3.05) is 30.3 Å². The molecule has 1 aliphatic rings. The van der Waals surface area contributed by atoms with Gasteiger partial charge in [-0.2, -0.15) is 5.10 Å². The van der Waals surface area contributed by atoms with Gasteiger partial charge < -0.3 is 20.3 Å². The fraction of sp³-hybridized carbons (Fsp3) is 0.308. The molecule has 0 spiro atoms. The molecule has 1 saturated heterocycles. The SMILES string of the molecule is O=C(Nc1ccc(NC(=O)N2CCCCCC2)cc1)c1ccc(=O)n(CCOc2ccccc2)n1. The molecule has 0 atom stereocenters. The van der Waals surface area contributed by atoms with Gasteiger partial charge in [0.2, 0.25) is 0 Å². The Morgan fingerprint density at radius 1 is 0.829 bits per heavy atom. The molecule has 182 valence electrons. The second-order valence-corrected chi connectivity index (χ2v) is 8.30. The molecule has 35 heavy (non-hydrogen) atoms. The van der Waals surface area contributed by atoms with Crippen LogP contribution in [0.4, 0.5) is 16.2 Å². The van der Waals surface area contributed by atoms with E-state index in [2.05, 4.69) is 15.7 Å². The van der Waals surface area contributed by atoms with Crippen LogP contribution in [0, 0.1) is 0 Å². The van der Waals surface area contributed by atoms with Crippen LogP contribution in [-0.2, 0) is 6.54 Å². The first-order valence-electron chi connectivity index (χ1n) is 11.8. The zero-order valence-electron chi connectivity index (χ0n) is 19.5. The molecule has 0 unspecified atom stereocenters. The number of benzene rings is 2. The van der Waals surface area contributed by atoms with Crippen molar-refractivity contribution in [3.8, 4) is 5.75 Å². The highest BCUT2D eigenvalue weighted by Gasteiger charge is 2.15. The van der Waals surface area contributed by atoms with Gasteiger partial charge in [-0.15, -0.1) is 0 Å². The van der Waals surface area contributed by atoms with Gasteiger partial charge >= 0.3 is 6.03 Å². The Labute approximate surface area is 203 Å². The van der Waals surface area contributed by atoms with E-state index >= 15 is 0 Å². The number of carbonyl (C=O) groups excluding carboxylic acids is 2. The fourth-order valence-electron chi connectivity index (χ4n) is 3.81. The Balaban J connectivity index is 1.32. The van der Waals surface area contributed by atoms with Crippen LogP contribution in [-0.4, -0.2) is 46.3 Å². The molecule has 1 aliphatic heterocycles. The van der Waals surface area contributed by atoms with Gasteiger partial charge in [0.05, 0.1) is 6.54 Å². The Bertz CT molecular complexity index is 1190. The van der Waals surface area contributed by atoms with Crippen LogP contribution in [0.5, 0.6) is 5.75 Å². The highest BCUT2D eigenvalue weighted by Crippen LogP contribution is 2.16. The van der Waals surface area contributed by atoms with Crippen LogP contribution in [0.2, 0.25) is 0 Å². The van der Waals surface area contributed by atoms with Gasteiger partial charge in [-0.25, -0.2) is 9.48 Å². The van der Waals surface area contributed by atoms with E-state index in [1.807, 2.05) is 35.2 Å². The van der Waals surface area contributed by atoms with E-state index in [4.69, 9.17) is 4.74 Å². The van der Waals surface area contributed by atoms with Gasteiger partial charge in [-0.05, 0) is 55.3 Å². The lowest BCUT2D eigenvalue weighted by Crippen LogP contribution is -2.35. The maximum Gasteiger partial charge on any atom is 0.321 e. The molecule has 4 rings (SSSR count). The van der Waals surface area contributed by atoms with Crippen molar-refractivity contribution in [1.82, 2.24) is 14.7 Å². The molecule has 9 heteroatoms. The predicted molar refractivity (Wildman–Crippen MR) is 134 cm³/mol. The minimum Gasteiger partial charge on any atom is -0.492 e. The number of urea groups is 1. The molecular formula is C26H29N5O4. The second-order valence-electron chi connectivity index (χ2n) is 8.30. The first-order valence-corrected chi connectivity index (χ1v) is 11.8. The monoisotopic (exact) mass is 475 g/mol. The third-order valence-corrected chi connectivity index (χ3v) is 5.70. The summed E-state index contributed by atoms with van der Waals surface area (Å²) in [5, 5.41) is 9.84. The molecule has 2 aromatic carbocycles. The molecular weight excluding hydrogens is 446 g/mol. The number of ether oxygens (including phenoxy) is 1. The summed E-state index contributed by atoms with van der Waals surface area (Å²) in [5.41, 5.74) is 1.00. The summed E-state index contributed by atoms with van der Waals surface area (Å²) in [5.74, 6) is 0.254. The Morgan fingerprint density at radius 3 is 2.17 bits per heavy atom. The minimum absolute atomic E-state index is 0.105. The first kappa shape index (κ1) is 24.0. The molecule has 3 amide bonds. The molecule has 0 aliphatic carbocycles. The Morgan fingerprint density at radius 2 is 1.49 bits per heavy atom. The van der Waals surface area contributed by atoms with Crippen molar-refractivity contribution in [2.24, 2.45) is 0 Å². The van der Waals surface area contributed by atoms with E-state index in [0.29, 0.717) is 17.1 Å². The van der Waals surface area contributed by atoms with E-state index in [-0.39, 0.29) is 30.4 Å². The topological polar surface area (TPSA) is 106 Å². The Kier molecular flexibility index (Phi) is 8.11. The number of nitrogens with zero attached hydrogens (tertiary/aromatic N) is 3. The average molecular weight is 476 g/mol. The van der Waals surface area contributed by atoms with E-state index in [1.54, 1.807) is 24.3 Å². The molecule has 3 aromatic rings. The zero-order chi connectivity index (χ0) is 24.5. The highest BCUT2D eigenvalue weighted by molar-refractivity contribution is 6.02. The lowest BCUT2D eigenvalue weighted by Gasteiger charge is -2.20. The summed E-state index contributed by atoms with van der Waals surface area (Å²) >= 11 is 0. The molecule has 0 saturated carbocycles. The number of likely N-dealkylation sites (tertiary alicyclic amines) is 1. The second kappa shape index (κ2) is 11.8. The number of aromatic nitrogens is 2. The molecule has 9 nitrogen and oxygen atoms in total. The maximum atomic E-state index is 12.7. The fourth-order valence-corrected chi connectivity index (χ4v) is 3.81. The molecule has 0 bridgehead atoms. The number of hydrogen-bond acceptors (Lipinski definition) is 5. The number of nitrogens with one attached hydrogen (secondary N) is 2. The van der Waals surface area contributed by atoms with Crippen molar-refractivity contribution in [3.63, 3.8) is 0 Å². The summed E-state index contributed by atoms with van der Waals surface area (Å²) in [6.45, 7) is 1.99. The molecule has 2 heterocycles. The lowest BCUT2D eigenvalue weighted by molar-refractivity contribution is 0.101. The first-order chi connectivity index (χ1) is 17.1. The van der Waals surface area contributed by atoms with Gasteiger partial charge in [0.1, 0.15) is 18.1 Å². The van der Waals surface area contributed by atoms with Crippen LogP contribution in [0.25, 0.3) is 0 Å². The number of para-hydroxylation sites is 1. The van der Waals surface area contributed by atoms with E-state index in [1.165, 1.54) is 16.8 Å². The third-order valence-electron chi connectivity index (χ3n) is 5.70. The quantitative estimate of drug-likeness (QED) is 0.538. The number of hydrogen-bond donors (Lipinski definition) is 2. The summed E-state index contributed by atoms with van der Waals surface area (Å²) in [6.07, 6.45) is 4.37. The van der Waals surface area contributed by atoms with Crippen LogP contribution in [0.1, 0.15) is 36.2 Å². The zero-order valence-corrected chi connectivity index (χ0v) is 19.5. The van der Waals surface area contributed by atoms with E-state index in [0.717, 1.165) is 38.8 Å². The normalized spacial score (nSPS) is 13.5. The lowest BCUT2D eigenvalue weighted by atomic mass is 10.2. The van der Waals surface area contributed by atoms with Crippen LogP contribution < -0.4 is 20.9 Å². The van der Waals surface area contributed by atoms with Gasteiger partial charge in [-0.3, -0.25) is 9.59 Å². The van der Waals surface area contributed by atoms with E-state index < -0.39 is 5.91 Å². The van der Waals surface area contributed by atoms with Gasteiger partial charge in [-0.1, -0.05) is 31.0 Å². The van der Waals surface area contributed by atoms with Gasteiger partial charge in [0.25, 0.3) is 11.5 Å². The van der Waals surface area contributed by atoms with Gasteiger partial charge in [0.15, 0.2) is 0 Å². The Hall–Kier alpha value is -4.14. The highest BCUT2D eigenvalue weighted by atomic mass is 16.5. The predicted octanol–water partition coefficient (Wildman–Crippen LogP) is 3.98. The van der Waals surface area contributed by atoms with Crippen molar-refractivity contribution in [2.45, 2.75) is 32.2 Å². The smallest absolute Gasteiger partial charge is 0.321 e. The molecule has 0 radical (unpaired) electrons. The summed E-state index contributed by atoms with van der Waals surface area (Å²) < 4.78 is 6.82. The largest absolute Gasteiger partial charge is 0.492 e. The number of carbonyl (C=O) groups is 2. The van der Waals surface area contributed by atoms with Crippen LogP contribution in [0.15, 0.2) is 71.5 Å². The summed E-state index contributed by atoms with van der Waals surface area (Å²) in [7, 11) is 0. The number of anilines is 2. The van der Waals surface area contributed by atoms with Crippen molar-refractivity contribution < 1.29 is 14.3 Å². The molecule has 2 N–H and O–H groups in total. The van der Waals surface area contributed by atoms with E-state index in [9.17, 15) is 14.4 Å². The average Bonchev–Trinajstić information content (AvgIpc) is 3.17. The summed E-state index contributed by atoms with van der Waals surface area (Å²) in [6, 6.07) is 18.8. The summed E-state index contributed by atoms with van der Waals surface area (Å²) in [4.78, 5) is 39.1. The molecule has 1 fully saturated rings. The van der Waals surface area contributed by atoms with Crippen molar-refractivity contribution in [3.05, 3.63) is 82.8 Å². The minimum atomic E-state index is -0.441. The van der Waals surface area contributed by atoms with Gasteiger partial charge in [0, 0.05) is 30.5 Å².